The van der Waals surface area contributed by atoms with Gasteiger partial charge in [-0.3, -0.25) is 9.69 Å². The van der Waals surface area contributed by atoms with Gasteiger partial charge in [-0.25, -0.2) is 18.0 Å². The van der Waals surface area contributed by atoms with Crippen molar-refractivity contribution in [3.05, 3.63) is 95.3 Å². The average Bonchev–Trinajstić information content (AvgIpc) is 3.18. The third-order valence-corrected chi connectivity index (χ3v) is 7.88. The van der Waals surface area contributed by atoms with Crippen LogP contribution in [0.3, 0.4) is 0 Å². The second-order valence-corrected chi connectivity index (χ2v) is 10.9. The number of nitrogens with one attached hydrogen (secondary N) is 1. The van der Waals surface area contributed by atoms with E-state index in [2.05, 4.69) is 11.4 Å². The molecule has 0 spiro atoms. The van der Waals surface area contributed by atoms with Crippen molar-refractivity contribution in [1.29, 1.82) is 5.26 Å². The Bertz CT molecular complexity index is 1520. The van der Waals surface area contributed by atoms with E-state index in [1.54, 1.807) is 26.0 Å². The molecule has 1 N–H and O–H groups in total. The number of halogens is 4. The molecular weight excluding hydrogens is 569 g/mol. The first-order valence-corrected chi connectivity index (χ1v) is 13.3. The lowest BCUT2D eigenvalue weighted by Crippen LogP contribution is -2.42. The smallest absolute Gasteiger partial charge is 0.411 e. The predicted octanol–water partition coefficient (Wildman–Crippen LogP) is 6.50. The number of amides is 2. The molecule has 5 rings (SSSR count). The van der Waals surface area contributed by atoms with E-state index in [4.69, 9.17) is 4.74 Å². The normalized spacial score (nSPS) is 19.0. The molecule has 0 radical (unpaired) electrons. The maximum absolute atomic E-state index is 15.6. The number of hydrogen-bond acceptors (Lipinski definition) is 5. The highest BCUT2D eigenvalue weighted by Gasteiger charge is 2.49. The van der Waals surface area contributed by atoms with E-state index in [9.17, 15) is 23.6 Å². The number of cyclic esters (lactones) is 1. The largest absolute Gasteiger partial charge is 0.441 e. The molecule has 0 aliphatic carbocycles. The van der Waals surface area contributed by atoms with Crippen LogP contribution >= 0.6 is 12.4 Å². The third kappa shape index (κ3) is 5.74. The molecule has 2 aliphatic rings. The highest BCUT2D eigenvalue weighted by atomic mass is 35.5. The lowest BCUT2D eigenvalue weighted by molar-refractivity contribution is -0.117. The van der Waals surface area contributed by atoms with Gasteiger partial charge in [0, 0.05) is 13.1 Å². The van der Waals surface area contributed by atoms with Crippen LogP contribution < -0.4 is 10.2 Å². The molecule has 7 nitrogen and oxygen atoms in total. The summed E-state index contributed by atoms with van der Waals surface area (Å²) in [6, 6.07) is 19.0. The van der Waals surface area contributed by atoms with E-state index in [1.165, 1.54) is 12.1 Å². The van der Waals surface area contributed by atoms with Crippen LogP contribution in [-0.4, -0.2) is 42.1 Å². The van der Waals surface area contributed by atoms with Gasteiger partial charge in [-0.05, 0) is 62.1 Å². The number of anilines is 2. The van der Waals surface area contributed by atoms with Crippen LogP contribution in [0.4, 0.5) is 29.3 Å². The van der Waals surface area contributed by atoms with Gasteiger partial charge < -0.3 is 15.0 Å². The number of ether oxygens (including phenoxy) is 1. The molecule has 0 aromatic heterocycles. The molecule has 220 valence electrons. The van der Waals surface area contributed by atoms with Gasteiger partial charge in [0.2, 0.25) is 5.91 Å². The van der Waals surface area contributed by atoms with Crippen molar-refractivity contribution in [2.45, 2.75) is 43.7 Å². The van der Waals surface area contributed by atoms with Crippen LogP contribution in [0.25, 0.3) is 0 Å². The van der Waals surface area contributed by atoms with Crippen LogP contribution in [0.2, 0.25) is 0 Å². The van der Waals surface area contributed by atoms with Crippen molar-refractivity contribution < 1.29 is 27.5 Å². The Morgan fingerprint density at radius 2 is 1.71 bits per heavy atom. The van der Waals surface area contributed by atoms with Gasteiger partial charge in [-0.15, -0.1) is 12.4 Å². The molecule has 1 atom stereocenters. The van der Waals surface area contributed by atoms with Gasteiger partial charge in [0.05, 0.1) is 22.9 Å². The van der Waals surface area contributed by atoms with Crippen LogP contribution in [0, 0.1) is 28.8 Å². The first kappa shape index (κ1) is 30.7. The van der Waals surface area contributed by atoms with Crippen molar-refractivity contribution in [3.63, 3.8) is 0 Å². The number of piperidine rings is 1. The zero-order chi connectivity index (χ0) is 29.4. The number of hydrogen-bond donors (Lipinski definition) is 1. The quantitative estimate of drug-likeness (QED) is 0.350. The van der Waals surface area contributed by atoms with Gasteiger partial charge in [-0.2, -0.15) is 5.26 Å². The fourth-order valence-corrected chi connectivity index (χ4v) is 5.80. The Kier molecular flexibility index (Phi) is 8.73. The van der Waals surface area contributed by atoms with E-state index in [-0.39, 0.29) is 23.7 Å². The van der Waals surface area contributed by atoms with E-state index in [1.807, 2.05) is 35.2 Å². The highest BCUT2D eigenvalue weighted by molar-refractivity contribution is 5.95. The summed E-state index contributed by atoms with van der Waals surface area (Å²) in [5.74, 6) is -3.45. The van der Waals surface area contributed by atoms with E-state index in [0.29, 0.717) is 31.6 Å². The molecular formula is C31H30ClF3N4O3. The van der Waals surface area contributed by atoms with Crippen molar-refractivity contribution in [2.24, 2.45) is 0 Å². The van der Waals surface area contributed by atoms with Crippen molar-refractivity contribution in [3.8, 4) is 6.07 Å². The van der Waals surface area contributed by atoms with Crippen LogP contribution in [0.1, 0.15) is 43.9 Å². The Balaban J connectivity index is 0.00000405. The zero-order valence-electron chi connectivity index (χ0n) is 23.1. The summed E-state index contributed by atoms with van der Waals surface area (Å²) in [6.45, 7) is 3.61. The summed E-state index contributed by atoms with van der Waals surface area (Å²) < 4.78 is 48.6. The summed E-state index contributed by atoms with van der Waals surface area (Å²) in [7, 11) is 0. The van der Waals surface area contributed by atoms with E-state index < -0.39 is 53.1 Å². The number of rotatable bonds is 6. The van der Waals surface area contributed by atoms with Crippen LogP contribution in [0.5, 0.6) is 0 Å². The minimum atomic E-state index is -1.14. The Hall–Kier alpha value is -4.23. The average molecular weight is 599 g/mol. The maximum atomic E-state index is 15.6. The minimum absolute atomic E-state index is 0. The molecule has 11 heteroatoms. The van der Waals surface area contributed by atoms with Crippen molar-refractivity contribution in [2.75, 3.05) is 29.9 Å². The second-order valence-electron chi connectivity index (χ2n) is 10.9. The molecule has 0 bridgehead atoms. The Morgan fingerprint density at radius 3 is 2.36 bits per heavy atom. The third-order valence-electron chi connectivity index (χ3n) is 7.88. The van der Waals surface area contributed by atoms with Gasteiger partial charge in [0.1, 0.15) is 18.2 Å². The lowest BCUT2D eigenvalue weighted by atomic mass is 9.74. The molecule has 2 fully saturated rings. The van der Waals surface area contributed by atoms with E-state index >= 15 is 4.39 Å². The fourth-order valence-electron chi connectivity index (χ4n) is 5.80. The molecule has 2 saturated heterocycles. The standard InChI is InChI=1S/C31H29F3N4O3.ClH/c1-30(2)28(20-11-12-22(32)23(33)17-20)38(29(40)41-30)18-26(39)36-24-9-6-10-25(27(24)34)37-15-13-31(19-35,14-16-37)21-7-4-3-5-8-21;/h3-12,17,28H,13-16,18H2,1-2H3,(H,36,39);1H. The summed E-state index contributed by atoms with van der Waals surface area (Å²) in [5, 5.41) is 12.5. The van der Waals surface area contributed by atoms with Crippen molar-refractivity contribution in [1.82, 2.24) is 4.90 Å². The van der Waals surface area contributed by atoms with Crippen LogP contribution in [-0.2, 0) is 14.9 Å². The zero-order valence-corrected chi connectivity index (χ0v) is 23.9. The predicted molar refractivity (Wildman–Crippen MR) is 154 cm³/mol. The van der Waals surface area contributed by atoms with Gasteiger partial charge in [0.25, 0.3) is 0 Å². The molecule has 3 aromatic carbocycles. The molecule has 1 unspecified atom stereocenters. The first-order valence-electron chi connectivity index (χ1n) is 13.3. The number of nitriles is 1. The summed E-state index contributed by atoms with van der Waals surface area (Å²) in [4.78, 5) is 28.7. The number of benzene rings is 3. The van der Waals surface area contributed by atoms with Crippen molar-refractivity contribution >= 4 is 35.8 Å². The Morgan fingerprint density at radius 1 is 1.02 bits per heavy atom. The summed E-state index contributed by atoms with van der Waals surface area (Å²) in [5.41, 5.74) is -0.363. The first-order chi connectivity index (χ1) is 19.5. The second kappa shape index (κ2) is 11.9. The van der Waals surface area contributed by atoms with E-state index in [0.717, 1.165) is 22.6 Å². The molecule has 42 heavy (non-hydrogen) atoms. The fraction of sp³-hybridized carbons (Fsp3) is 0.323. The van der Waals surface area contributed by atoms with Gasteiger partial charge in [-0.1, -0.05) is 42.5 Å². The molecule has 3 aromatic rings. The SMILES string of the molecule is CC1(C)OC(=O)N(CC(=O)Nc2cccc(N3CCC(C#N)(c4ccccc4)CC3)c2F)C1c1ccc(F)c(F)c1.Cl. The molecule has 2 heterocycles. The topological polar surface area (TPSA) is 85.7 Å². The number of nitrogens with zero attached hydrogens (tertiary/aromatic N) is 3. The molecule has 2 aliphatic heterocycles. The molecule has 2 amide bonds. The summed E-state index contributed by atoms with van der Waals surface area (Å²) in [6.07, 6.45) is 0.227. The maximum Gasteiger partial charge on any atom is 0.411 e. The van der Waals surface area contributed by atoms with Crippen LogP contribution in [0.15, 0.2) is 66.7 Å². The van der Waals surface area contributed by atoms with Gasteiger partial charge in [0.15, 0.2) is 17.5 Å². The monoisotopic (exact) mass is 598 g/mol. The molecule has 0 saturated carbocycles. The minimum Gasteiger partial charge on any atom is -0.441 e. The van der Waals surface area contributed by atoms with Gasteiger partial charge >= 0.3 is 6.09 Å². The highest BCUT2D eigenvalue weighted by Crippen LogP contribution is 2.42. The Labute approximate surface area is 248 Å². The number of carbonyl (C=O) groups is 2. The number of carbonyl (C=O) groups excluding carboxylic acids is 2. The lowest BCUT2D eigenvalue weighted by Gasteiger charge is -2.39. The summed E-state index contributed by atoms with van der Waals surface area (Å²) >= 11 is 0.